The van der Waals surface area contributed by atoms with Gasteiger partial charge in [0.1, 0.15) is 5.60 Å². The minimum absolute atomic E-state index is 0.109. The highest BCUT2D eigenvalue weighted by atomic mass is 16.3. The summed E-state index contributed by atoms with van der Waals surface area (Å²) in [5, 5.41) is 21.0. The molecule has 0 saturated heterocycles. The average Bonchev–Trinajstić information content (AvgIpc) is 2.94. The van der Waals surface area contributed by atoms with Crippen molar-refractivity contribution in [2.45, 2.75) is 19.4 Å². The second-order valence-corrected chi connectivity index (χ2v) is 5.77. The third-order valence-electron chi connectivity index (χ3n) is 3.85. The molecule has 0 saturated carbocycles. The number of aromatic nitrogens is 3. The molecular formula is C17H18N4O2. The first-order valence-electron chi connectivity index (χ1n) is 7.34. The highest BCUT2D eigenvalue weighted by Gasteiger charge is 2.24. The first kappa shape index (κ1) is 15.2. The van der Waals surface area contributed by atoms with E-state index in [1.165, 1.54) is 6.20 Å². The number of nitrogens with one attached hydrogen (secondary N) is 2. The smallest absolute Gasteiger partial charge is 0.252 e. The molecule has 2 aromatic heterocycles. The van der Waals surface area contributed by atoms with Gasteiger partial charge in [-0.2, -0.15) is 5.10 Å². The van der Waals surface area contributed by atoms with Gasteiger partial charge in [-0.1, -0.05) is 30.3 Å². The second-order valence-electron chi connectivity index (χ2n) is 5.77. The lowest BCUT2D eigenvalue weighted by Gasteiger charge is -2.24. The van der Waals surface area contributed by atoms with Gasteiger partial charge in [0.25, 0.3) is 5.91 Å². The molecule has 0 radical (unpaired) electrons. The van der Waals surface area contributed by atoms with Gasteiger partial charge in [-0.3, -0.25) is 9.89 Å². The average molecular weight is 310 g/mol. The largest absolute Gasteiger partial charge is 0.384 e. The molecular weight excluding hydrogens is 292 g/mol. The number of carbonyl (C=O) groups excluding carboxylic acids is 1. The summed E-state index contributed by atoms with van der Waals surface area (Å²) < 4.78 is 0. The van der Waals surface area contributed by atoms with Crippen molar-refractivity contribution in [2.75, 3.05) is 6.54 Å². The minimum atomic E-state index is -1.14. The molecule has 0 fully saturated rings. The lowest BCUT2D eigenvalue weighted by molar-refractivity contribution is 0.0526. The number of H-pyrrole nitrogens is 1. The Morgan fingerprint density at radius 2 is 2.09 bits per heavy atom. The van der Waals surface area contributed by atoms with Crippen LogP contribution in [0.3, 0.4) is 0 Å². The number of hydrogen-bond donors (Lipinski definition) is 3. The van der Waals surface area contributed by atoms with Crippen LogP contribution < -0.4 is 5.32 Å². The van der Waals surface area contributed by atoms with E-state index in [0.717, 1.165) is 16.6 Å². The minimum Gasteiger partial charge on any atom is -0.384 e. The third kappa shape index (κ3) is 3.07. The van der Waals surface area contributed by atoms with Crippen molar-refractivity contribution in [3.05, 3.63) is 59.4 Å². The second kappa shape index (κ2) is 5.81. The van der Waals surface area contributed by atoms with Crippen molar-refractivity contribution in [1.82, 2.24) is 20.5 Å². The van der Waals surface area contributed by atoms with Crippen molar-refractivity contribution in [1.29, 1.82) is 0 Å². The summed E-state index contributed by atoms with van der Waals surface area (Å²) in [4.78, 5) is 16.5. The first-order chi connectivity index (χ1) is 11.0. The van der Waals surface area contributed by atoms with Gasteiger partial charge in [-0.25, -0.2) is 4.98 Å². The molecule has 1 atom stereocenters. The van der Waals surface area contributed by atoms with Gasteiger partial charge in [-0.05, 0) is 25.5 Å². The maximum Gasteiger partial charge on any atom is 0.252 e. The van der Waals surface area contributed by atoms with Crippen LogP contribution >= 0.6 is 0 Å². The zero-order valence-corrected chi connectivity index (χ0v) is 13.0. The lowest BCUT2D eigenvalue weighted by Crippen LogP contribution is -2.38. The maximum atomic E-state index is 12.3. The number of hydrogen-bond acceptors (Lipinski definition) is 4. The van der Waals surface area contributed by atoms with E-state index in [0.29, 0.717) is 11.2 Å². The Bertz CT molecular complexity index is 840. The summed E-state index contributed by atoms with van der Waals surface area (Å²) in [5.41, 5.74) is 1.49. The number of carbonyl (C=O) groups is 1. The van der Waals surface area contributed by atoms with Gasteiger partial charge < -0.3 is 10.4 Å². The first-order valence-corrected chi connectivity index (χ1v) is 7.34. The molecule has 2 heterocycles. The molecule has 0 bridgehead atoms. The van der Waals surface area contributed by atoms with Gasteiger partial charge in [0.2, 0.25) is 0 Å². The molecule has 0 spiro atoms. The molecule has 6 heteroatoms. The van der Waals surface area contributed by atoms with Crippen LogP contribution in [-0.4, -0.2) is 32.7 Å². The highest BCUT2D eigenvalue weighted by molar-refractivity contribution is 5.97. The van der Waals surface area contributed by atoms with E-state index < -0.39 is 5.60 Å². The molecule has 23 heavy (non-hydrogen) atoms. The van der Waals surface area contributed by atoms with E-state index in [-0.39, 0.29) is 12.5 Å². The van der Waals surface area contributed by atoms with Crippen LogP contribution in [-0.2, 0) is 5.60 Å². The summed E-state index contributed by atoms with van der Waals surface area (Å²) in [5.74, 6) is -0.281. The van der Waals surface area contributed by atoms with E-state index in [4.69, 9.17) is 0 Å². The summed E-state index contributed by atoms with van der Waals surface area (Å²) >= 11 is 0. The predicted octanol–water partition coefficient (Wildman–Crippen LogP) is 1.90. The number of aromatic amines is 1. The number of aliphatic hydroxyl groups is 1. The molecule has 3 N–H and O–H groups in total. The molecule has 0 aliphatic rings. The molecule has 0 aliphatic heterocycles. The van der Waals surface area contributed by atoms with Crippen molar-refractivity contribution in [2.24, 2.45) is 0 Å². The zero-order chi connectivity index (χ0) is 16.4. The SMILES string of the molecule is Cc1[nH]nc2ncc(C(=O)NCC(C)(O)c3ccccc3)cc12. The molecule has 118 valence electrons. The highest BCUT2D eigenvalue weighted by Crippen LogP contribution is 2.19. The Labute approximate surface area is 133 Å². The summed E-state index contributed by atoms with van der Waals surface area (Å²) in [7, 11) is 0. The monoisotopic (exact) mass is 310 g/mol. The van der Waals surface area contributed by atoms with Crippen LogP contribution in [0.2, 0.25) is 0 Å². The molecule has 6 nitrogen and oxygen atoms in total. The lowest BCUT2D eigenvalue weighted by atomic mass is 9.96. The van der Waals surface area contributed by atoms with Crippen molar-refractivity contribution >= 4 is 16.9 Å². The van der Waals surface area contributed by atoms with Gasteiger partial charge in [0.05, 0.1) is 12.1 Å². The molecule has 1 unspecified atom stereocenters. The van der Waals surface area contributed by atoms with Crippen LogP contribution in [0.5, 0.6) is 0 Å². The van der Waals surface area contributed by atoms with E-state index in [1.807, 2.05) is 37.3 Å². The normalized spacial score (nSPS) is 13.7. The summed E-state index contributed by atoms with van der Waals surface area (Å²) in [6.45, 7) is 3.65. The van der Waals surface area contributed by atoms with E-state index in [1.54, 1.807) is 13.0 Å². The zero-order valence-electron chi connectivity index (χ0n) is 13.0. The van der Waals surface area contributed by atoms with Gasteiger partial charge in [0.15, 0.2) is 5.65 Å². The van der Waals surface area contributed by atoms with E-state index >= 15 is 0 Å². The summed E-state index contributed by atoms with van der Waals surface area (Å²) in [6.07, 6.45) is 1.48. The van der Waals surface area contributed by atoms with Crippen molar-refractivity contribution in [3.8, 4) is 0 Å². The molecule has 3 rings (SSSR count). The molecule has 1 aromatic carbocycles. The number of rotatable bonds is 4. The van der Waals surface area contributed by atoms with Gasteiger partial charge >= 0.3 is 0 Å². The predicted molar refractivity (Wildman–Crippen MR) is 87.0 cm³/mol. The van der Waals surface area contributed by atoms with Gasteiger partial charge in [-0.15, -0.1) is 0 Å². The Hall–Kier alpha value is -2.73. The fraction of sp³-hybridized carbons (Fsp3) is 0.235. The number of amides is 1. The number of nitrogens with zero attached hydrogens (tertiary/aromatic N) is 2. The van der Waals surface area contributed by atoms with Crippen LogP contribution in [0.4, 0.5) is 0 Å². The number of fused-ring (bicyclic) bond motifs is 1. The van der Waals surface area contributed by atoms with E-state index in [9.17, 15) is 9.90 Å². The van der Waals surface area contributed by atoms with Crippen LogP contribution in [0, 0.1) is 6.92 Å². The quantitative estimate of drug-likeness (QED) is 0.686. The van der Waals surface area contributed by atoms with Gasteiger partial charge in [0, 0.05) is 17.3 Å². The Morgan fingerprint density at radius 1 is 1.35 bits per heavy atom. The Kier molecular flexibility index (Phi) is 3.83. The number of aryl methyl sites for hydroxylation is 1. The fourth-order valence-corrected chi connectivity index (χ4v) is 2.40. The maximum absolute atomic E-state index is 12.3. The standard InChI is InChI=1S/C17H18N4O2/c1-11-14-8-12(9-18-15(14)21-20-11)16(22)19-10-17(2,23)13-6-4-3-5-7-13/h3-9,23H,10H2,1-2H3,(H,19,22)(H,18,20,21). The Balaban J connectivity index is 1.74. The third-order valence-corrected chi connectivity index (χ3v) is 3.85. The number of benzene rings is 1. The topological polar surface area (TPSA) is 90.9 Å². The van der Waals surface area contributed by atoms with Crippen LogP contribution in [0.15, 0.2) is 42.6 Å². The van der Waals surface area contributed by atoms with Crippen LogP contribution in [0.25, 0.3) is 11.0 Å². The molecule has 3 aromatic rings. The van der Waals surface area contributed by atoms with Crippen LogP contribution in [0.1, 0.15) is 28.5 Å². The molecule has 0 aliphatic carbocycles. The van der Waals surface area contributed by atoms with E-state index in [2.05, 4.69) is 20.5 Å². The van der Waals surface area contributed by atoms with Crippen molar-refractivity contribution in [3.63, 3.8) is 0 Å². The van der Waals surface area contributed by atoms with Crippen molar-refractivity contribution < 1.29 is 9.90 Å². The number of pyridine rings is 1. The molecule has 1 amide bonds. The fourth-order valence-electron chi connectivity index (χ4n) is 2.40. The Morgan fingerprint density at radius 3 is 2.83 bits per heavy atom. The summed E-state index contributed by atoms with van der Waals surface area (Å²) in [6, 6.07) is 11.0.